The molecule has 0 aliphatic carbocycles. The number of rotatable bonds is 8. The summed E-state index contributed by atoms with van der Waals surface area (Å²) in [5.74, 6) is 1.48. The van der Waals surface area contributed by atoms with Crippen molar-refractivity contribution in [2.24, 2.45) is 0 Å². The topological polar surface area (TPSA) is 95.5 Å². The molecule has 3 heterocycles. The average molecular weight is 377 g/mol. The molecule has 0 saturated carbocycles. The fourth-order valence-electron chi connectivity index (χ4n) is 3.24. The van der Waals surface area contributed by atoms with Crippen LogP contribution in [0.5, 0.6) is 0 Å². The molecule has 0 N–H and O–H groups in total. The molecule has 1 aliphatic heterocycles. The lowest BCUT2D eigenvalue weighted by Gasteiger charge is -2.30. The smallest absolute Gasteiger partial charge is 0.252 e. The average Bonchev–Trinajstić information content (AvgIpc) is 3.25. The van der Waals surface area contributed by atoms with Gasteiger partial charge in [-0.25, -0.2) is 0 Å². The molecule has 9 heteroatoms. The predicted molar refractivity (Wildman–Crippen MR) is 96.1 cm³/mol. The van der Waals surface area contributed by atoms with Crippen molar-refractivity contribution in [1.29, 1.82) is 0 Å². The summed E-state index contributed by atoms with van der Waals surface area (Å²) < 4.78 is 17.3. The first-order valence-electron chi connectivity index (χ1n) is 9.25. The van der Waals surface area contributed by atoms with Gasteiger partial charge in [-0.3, -0.25) is 9.48 Å². The number of hydrogen-bond donors (Lipinski definition) is 0. The van der Waals surface area contributed by atoms with Crippen LogP contribution in [0, 0.1) is 13.8 Å². The van der Waals surface area contributed by atoms with Gasteiger partial charge in [-0.15, -0.1) is 0 Å². The maximum atomic E-state index is 12.5. The van der Waals surface area contributed by atoms with E-state index in [0.29, 0.717) is 38.0 Å². The van der Waals surface area contributed by atoms with E-state index in [1.807, 2.05) is 24.8 Å². The lowest BCUT2D eigenvalue weighted by molar-refractivity contribution is -0.133. The Morgan fingerprint density at radius 1 is 1.30 bits per heavy atom. The molecular formula is C18H27N5O4. The summed E-state index contributed by atoms with van der Waals surface area (Å²) in [6.45, 7) is 6.88. The van der Waals surface area contributed by atoms with E-state index in [1.165, 1.54) is 0 Å². The molecule has 0 bridgehead atoms. The van der Waals surface area contributed by atoms with Gasteiger partial charge < -0.3 is 18.9 Å². The fraction of sp³-hybridized carbons (Fsp3) is 0.667. The first-order valence-corrected chi connectivity index (χ1v) is 9.25. The monoisotopic (exact) mass is 377 g/mol. The Morgan fingerprint density at radius 3 is 2.74 bits per heavy atom. The highest BCUT2D eigenvalue weighted by atomic mass is 16.5. The van der Waals surface area contributed by atoms with E-state index in [1.54, 1.807) is 11.8 Å². The molecular weight excluding hydrogens is 350 g/mol. The molecule has 1 fully saturated rings. The second-order valence-electron chi connectivity index (χ2n) is 6.83. The van der Waals surface area contributed by atoms with Gasteiger partial charge in [0.25, 0.3) is 5.89 Å². The van der Waals surface area contributed by atoms with Gasteiger partial charge in [-0.2, -0.15) is 10.1 Å². The third-order valence-corrected chi connectivity index (χ3v) is 4.74. The van der Waals surface area contributed by atoms with Crippen molar-refractivity contribution in [1.82, 2.24) is 24.8 Å². The third-order valence-electron chi connectivity index (χ3n) is 4.74. The molecule has 1 amide bonds. The molecule has 9 nitrogen and oxygen atoms in total. The summed E-state index contributed by atoms with van der Waals surface area (Å²) in [6, 6.07) is 1.98. The number of amides is 1. The molecule has 2 aromatic rings. The molecule has 0 spiro atoms. The summed E-state index contributed by atoms with van der Waals surface area (Å²) >= 11 is 0. The summed E-state index contributed by atoms with van der Waals surface area (Å²) in [4.78, 5) is 18.8. The quantitative estimate of drug-likeness (QED) is 0.643. The number of hydrogen-bond acceptors (Lipinski definition) is 7. The normalized spacial score (nSPS) is 15.4. The Labute approximate surface area is 158 Å². The number of ether oxygens (including phenoxy) is 2. The zero-order chi connectivity index (χ0) is 19.2. The molecule has 0 atom stereocenters. The van der Waals surface area contributed by atoms with Gasteiger partial charge in [0, 0.05) is 31.8 Å². The van der Waals surface area contributed by atoms with E-state index in [9.17, 15) is 4.79 Å². The minimum Gasteiger partial charge on any atom is -0.382 e. The number of carbonyl (C=O) groups excluding carboxylic acids is 1. The highest BCUT2D eigenvalue weighted by molar-refractivity contribution is 5.76. The van der Waals surface area contributed by atoms with Crippen molar-refractivity contribution in [2.75, 3.05) is 33.4 Å². The van der Waals surface area contributed by atoms with Crippen molar-refractivity contribution in [2.45, 2.75) is 45.8 Å². The SMILES string of the molecule is COCCOCc1nc(C2CCN(C(=O)Cn3nc(C)cc3C)CC2)no1. The molecule has 3 rings (SSSR count). The first-order chi connectivity index (χ1) is 13.1. The van der Waals surface area contributed by atoms with Gasteiger partial charge in [0.15, 0.2) is 5.82 Å². The first kappa shape index (κ1) is 19.5. The molecule has 0 unspecified atom stereocenters. The van der Waals surface area contributed by atoms with Crippen molar-refractivity contribution in [3.05, 3.63) is 29.2 Å². The summed E-state index contributed by atoms with van der Waals surface area (Å²) in [5, 5.41) is 8.44. The van der Waals surface area contributed by atoms with E-state index in [4.69, 9.17) is 14.0 Å². The number of carbonyl (C=O) groups is 1. The second-order valence-corrected chi connectivity index (χ2v) is 6.83. The molecule has 1 aliphatic rings. The van der Waals surface area contributed by atoms with Crippen molar-refractivity contribution < 1.29 is 18.8 Å². The lowest BCUT2D eigenvalue weighted by atomic mass is 9.96. The number of methoxy groups -OCH3 is 1. The summed E-state index contributed by atoms with van der Waals surface area (Å²) in [6.07, 6.45) is 1.65. The number of nitrogens with zero attached hydrogens (tertiary/aromatic N) is 5. The van der Waals surface area contributed by atoms with Crippen LogP contribution in [-0.4, -0.2) is 64.1 Å². The fourth-order valence-corrected chi connectivity index (χ4v) is 3.24. The minimum atomic E-state index is 0.0972. The third kappa shape index (κ3) is 5.14. The molecule has 27 heavy (non-hydrogen) atoms. The molecule has 0 aromatic carbocycles. The molecule has 0 radical (unpaired) electrons. The minimum absolute atomic E-state index is 0.0972. The highest BCUT2D eigenvalue weighted by Gasteiger charge is 2.27. The van der Waals surface area contributed by atoms with Crippen LogP contribution in [0.1, 0.15) is 41.9 Å². The predicted octanol–water partition coefficient (Wildman–Crippen LogP) is 1.45. The van der Waals surface area contributed by atoms with Gasteiger partial charge >= 0.3 is 0 Å². The van der Waals surface area contributed by atoms with Gasteiger partial charge in [0.1, 0.15) is 13.2 Å². The van der Waals surface area contributed by atoms with Gasteiger partial charge in [-0.1, -0.05) is 5.16 Å². The van der Waals surface area contributed by atoms with Crippen LogP contribution in [0.25, 0.3) is 0 Å². The zero-order valence-corrected chi connectivity index (χ0v) is 16.2. The zero-order valence-electron chi connectivity index (χ0n) is 16.2. The van der Waals surface area contributed by atoms with E-state index in [2.05, 4.69) is 15.2 Å². The summed E-state index contributed by atoms with van der Waals surface area (Å²) in [5.41, 5.74) is 1.93. The van der Waals surface area contributed by atoms with E-state index in [0.717, 1.165) is 24.2 Å². The van der Waals surface area contributed by atoms with Gasteiger partial charge in [0.05, 0.1) is 18.9 Å². The molecule has 148 valence electrons. The van der Waals surface area contributed by atoms with E-state index < -0.39 is 0 Å². The van der Waals surface area contributed by atoms with Crippen molar-refractivity contribution >= 4 is 5.91 Å². The Bertz CT molecular complexity index is 749. The maximum Gasteiger partial charge on any atom is 0.252 e. The van der Waals surface area contributed by atoms with Crippen LogP contribution in [0.4, 0.5) is 0 Å². The van der Waals surface area contributed by atoms with E-state index in [-0.39, 0.29) is 25.0 Å². The van der Waals surface area contributed by atoms with Gasteiger partial charge in [0.2, 0.25) is 5.91 Å². The maximum absolute atomic E-state index is 12.5. The van der Waals surface area contributed by atoms with Crippen LogP contribution in [-0.2, 0) is 27.4 Å². The molecule has 1 saturated heterocycles. The number of aromatic nitrogens is 4. The Hall–Kier alpha value is -2.26. The number of likely N-dealkylation sites (tertiary alicyclic amines) is 1. The van der Waals surface area contributed by atoms with Crippen LogP contribution < -0.4 is 0 Å². The molecule has 2 aromatic heterocycles. The Kier molecular flexibility index (Phi) is 6.57. The standard InChI is InChI=1S/C18H27N5O4/c1-13-10-14(2)23(20-13)11-17(24)22-6-4-15(5-7-22)18-19-16(27-21-18)12-26-9-8-25-3/h10,15H,4-9,11-12H2,1-3H3. The van der Waals surface area contributed by atoms with Crippen LogP contribution >= 0.6 is 0 Å². The van der Waals surface area contributed by atoms with Crippen molar-refractivity contribution in [3.63, 3.8) is 0 Å². The Balaban J connectivity index is 1.46. The van der Waals surface area contributed by atoms with Crippen LogP contribution in [0.15, 0.2) is 10.6 Å². The lowest BCUT2D eigenvalue weighted by Crippen LogP contribution is -2.40. The largest absolute Gasteiger partial charge is 0.382 e. The Morgan fingerprint density at radius 2 is 2.07 bits per heavy atom. The van der Waals surface area contributed by atoms with Gasteiger partial charge in [-0.05, 0) is 32.8 Å². The number of aryl methyl sites for hydroxylation is 2. The van der Waals surface area contributed by atoms with E-state index >= 15 is 0 Å². The number of piperidine rings is 1. The highest BCUT2D eigenvalue weighted by Crippen LogP contribution is 2.26. The summed E-state index contributed by atoms with van der Waals surface area (Å²) in [7, 11) is 1.63. The second kappa shape index (κ2) is 9.09. The van der Waals surface area contributed by atoms with Crippen LogP contribution in [0.2, 0.25) is 0 Å². The van der Waals surface area contributed by atoms with Crippen LogP contribution in [0.3, 0.4) is 0 Å². The van der Waals surface area contributed by atoms with Crippen molar-refractivity contribution in [3.8, 4) is 0 Å².